The fourth-order valence-electron chi connectivity index (χ4n) is 2.58. The molecule has 90 valence electrons. The number of carbonyl (C=O) groups is 1. The largest absolute Gasteiger partial charge is 0.287 e. The van der Waals surface area contributed by atoms with E-state index in [4.69, 9.17) is 0 Å². The van der Waals surface area contributed by atoms with Crippen molar-refractivity contribution in [3.63, 3.8) is 0 Å². The van der Waals surface area contributed by atoms with Crippen molar-refractivity contribution >= 4 is 16.8 Å². The van der Waals surface area contributed by atoms with Crippen LogP contribution in [0.25, 0.3) is 22.3 Å². The highest BCUT2D eigenvalue weighted by Gasteiger charge is 2.29. The quantitative estimate of drug-likeness (QED) is 0.478. The molecule has 0 radical (unpaired) electrons. The lowest BCUT2D eigenvalue weighted by Crippen LogP contribution is -2.00. The Kier molecular flexibility index (Phi) is 1.90. The lowest BCUT2D eigenvalue weighted by Gasteiger charge is -2.03. The number of hydrogen-bond donors (Lipinski definition) is 0. The number of benzene rings is 2. The van der Waals surface area contributed by atoms with Crippen LogP contribution >= 0.6 is 0 Å². The zero-order valence-corrected chi connectivity index (χ0v) is 10.3. The number of rotatable bonds is 0. The van der Waals surface area contributed by atoms with E-state index in [9.17, 15) is 4.79 Å². The molecule has 3 aromatic rings. The minimum absolute atomic E-state index is 0.0264. The summed E-state index contributed by atoms with van der Waals surface area (Å²) in [6, 6.07) is 13.4. The van der Waals surface area contributed by atoms with Crippen LogP contribution in [-0.2, 0) is 0 Å². The van der Waals surface area contributed by atoms with E-state index < -0.39 is 0 Å². The molecule has 3 nitrogen and oxygen atoms in total. The average Bonchev–Trinajstić information content (AvgIpc) is 2.72. The third-order valence-electron chi connectivity index (χ3n) is 3.54. The van der Waals surface area contributed by atoms with Crippen molar-refractivity contribution in [1.29, 1.82) is 0 Å². The van der Waals surface area contributed by atoms with Gasteiger partial charge in [-0.3, -0.25) is 4.79 Å². The summed E-state index contributed by atoms with van der Waals surface area (Å²) in [5.41, 5.74) is 5.49. The second kappa shape index (κ2) is 3.48. The molecule has 1 aliphatic carbocycles. The Morgan fingerprint density at radius 3 is 2.47 bits per heavy atom. The van der Waals surface area contributed by atoms with Crippen LogP contribution in [0.4, 0.5) is 0 Å². The second-order valence-electron chi connectivity index (χ2n) is 4.74. The van der Waals surface area contributed by atoms with Gasteiger partial charge in [0, 0.05) is 11.1 Å². The number of carbonyl (C=O) groups excluding carboxylic acids is 1. The smallest absolute Gasteiger partial charge is 0.214 e. The third-order valence-corrected chi connectivity index (χ3v) is 3.54. The van der Waals surface area contributed by atoms with E-state index in [1.165, 1.54) is 0 Å². The van der Waals surface area contributed by atoms with Crippen LogP contribution in [0.3, 0.4) is 0 Å². The summed E-state index contributed by atoms with van der Waals surface area (Å²) in [7, 11) is 0. The number of fused-ring (bicyclic) bond motifs is 4. The first-order valence-electron chi connectivity index (χ1n) is 6.17. The Labute approximate surface area is 109 Å². The van der Waals surface area contributed by atoms with E-state index in [0.29, 0.717) is 17.0 Å². The number of ketones is 1. The molecule has 0 fully saturated rings. The molecular weight excluding hydrogens is 236 g/mol. The monoisotopic (exact) mass is 246 g/mol. The standard InChI is InChI=1S/C16H10N2O/c1-9-5-4-8-12-13(9)18-14-10-6-2-3-7-11(10)16(19)15(14)17-12/h2-8H,1H3. The first kappa shape index (κ1) is 10.4. The topological polar surface area (TPSA) is 42.9 Å². The third kappa shape index (κ3) is 1.30. The minimum atomic E-state index is -0.0264. The number of para-hydroxylation sites is 1. The Morgan fingerprint density at radius 1 is 0.842 bits per heavy atom. The van der Waals surface area contributed by atoms with Crippen molar-refractivity contribution in [1.82, 2.24) is 9.97 Å². The highest BCUT2D eigenvalue weighted by molar-refractivity contribution is 6.20. The summed E-state index contributed by atoms with van der Waals surface area (Å²) in [6.07, 6.45) is 0. The van der Waals surface area contributed by atoms with Crippen molar-refractivity contribution < 1.29 is 4.79 Å². The van der Waals surface area contributed by atoms with Gasteiger partial charge in [0.2, 0.25) is 5.78 Å². The van der Waals surface area contributed by atoms with Crippen LogP contribution in [0.2, 0.25) is 0 Å². The number of aromatic nitrogens is 2. The lowest BCUT2D eigenvalue weighted by atomic mass is 10.1. The van der Waals surface area contributed by atoms with Gasteiger partial charge in [0.25, 0.3) is 0 Å². The summed E-state index contributed by atoms with van der Waals surface area (Å²) >= 11 is 0. The Bertz CT molecular complexity index is 852. The van der Waals surface area contributed by atoms with Crippen molar-refractivity contribution in [2.75, 3.05) is 0 Å². The van der Waals surface area contributed by atoms with E-state index >= 15 is 0 Å². The highest BCUT2D eigenvalue weighted by Crippen LogP contribution is 2.35. The van der Waals surface area contributed by atoms with Gasteiger partial charge >= 0.3 is 0 Å². The molecule has 1 aromatic heterocycles. The van der Waals surface area contributed by atoms with Gasteiger partial charge in [0.05, 0.1) is 11.0 Å². The zero-order chi connectivity index (χ0) is 13.0. The molecule has 0 unspecified atom stereocenters. The SMILES string of the molecule is Cc1cccc2nc3c(nc12)-c1ccccc1C3=O. The summed E-state index contributed by atoms with van der Waals surface area (Å²) in [5, 5.41) is 0. The van der Waals surface area contributed by atoms with E-state index in [-0.39, 0.29) is 5.78 Å². The van der Waals surface area contributed by atoms with Crippen molar-refractivity contribution in [3.8, 4) is 11.3 Å². The minimum Gasteiger partial charge on any atom is -0.287 e. The molecule has 0 spiro atoms. The Morgan fingerprint density at radius 2 is 1.63 bits per heavy atom. The molecule has 0 saturated heterocycles. The van der Waals surface area contributed by atoms with Gasteiger partial charge in [0.15, 0.2) is 0 Å². The van der Waals surface area contributed by atoms with Gasteiger partial charge in [0.1, 0.15) is 11.4 Å². The number of nitrogens with zero attached hydrogens (tertiary/aromatic N) is 2. The van der Waals surface area contributed by atoms with Gasteiger partial charge < -0.3 is 0 Å². The molecule has 3 heteroatoms. The summed E-state index contributed by atoms with van der Waals surface area (Å²) < 4.78 is 0. The molecule has 0 aliphatic heterocycles. The molecule has 0 saturated carbocycles. The summed E-state index contributed by atoms with van der Waals surface area (Å²) in [4.78, 5) is 21.5. The fourth-order valence-corrected chi connectivity index (χ4v) is 2.58. The molecule has 1 aliphatic rings. The van der Waals surface area contributed by atoms with E-state index in [2.05, 4.69) is 9.97 Å². The van der Waals surface area contributed by atoms with Crippen molar-refractivity contribution in [3.05, 3.63) is 59.3 Å². The maximum atomic E-state index is 12.3. The molecule has 0 atom stereocenters. The van der Waals surface area contributed by atoms with Gasteiger partial charge in [-0.15, -0.1) is 0 Å². The van der Waals surface area contributed by atoms with Gasteiger partial charge in [-0.25, -0.2) is 9.97 Å². The van der Waals surface area contributed by atoms with Crippen molar-refractivity contribution in [2.45, 2.75) is 6.92 Å². The zero-order valence-electron chi connectivity index (χ0n) is 10.3. The van der Waals surface area contributed by atoms with E-state index in [1.54, 1.807) is 0 Å². The van der Waals surface area contributed by atoms with Gasteiger partial charge in [-0.05, 0) is 18.6 Å². The maximum absolute atomic E-state index is 12.3. The molecule has 0 bridgehead atoms. The lowest BCUT2D eigenvalue weighted by molar-refractivity contribution is 0.103. The molecule has 0 N–H and O–H groups in total. The van der Waals surface area contributed by atoms with Gasteiger partial charge in [-0.2, -0.15) is 0 Å². The summed E-state index contributed by atoms with van der Waals surface area (Å²) in [5.74, 6) is -0.0264. The molecular formula is C16H10N2O. The van der Waals surface area contributed by atoms with Crippen LogP contribution in [0.1, 0.15) is 21.6 Å². The maximum Gasteiger partial charge on any atom is 0.214 e. The van der Waals surface area contributed by atoms with Crippen LogP contribution in [0, 0.1) is 6.92 Å². The predicted octanol–water partition coefficient (Wildman–Crippen LogP) is 3.15. The molecule has 2 aromatic carbocycles. The molecule has 0 amide bonds. The van der Waals surface area contributed by atoms with Crippen LogP contribution < -0.4 is 0 Å². The van der Waals surface area contributed by atoms with Gasteiger partial charge in [-0.1, -0.05) is 36.4 Å². The van der Waals surface area contributed by atoms with E-state index in [0.717, 1.165) is 22.2 Å². The van der Waals surface area contributed by atoms with E-state index in [1.807, 2.05) is 49.4 Å². The normalized spacial score (nSPS) is 12.6. The molecule has 4 rings (SSSR count). The Hall–Kier alpha value is -2.55. The first-order chi connectivity index (χ1) is 9.25. The fraction of sp³-hybridized carbons (Fsp3) is 0.0625. The first-order valence-corrected chi connectivity index (χ1v) is 6.17. The average molecular weight is 246 g/mol. The Balaban J connectivity index is 2.15. The van der Waals surface area contributed by atoms with Crippen LogP contribution in [-0.4, -0.2) is 15.8 Å². The van der Waals surface area contributed by atoms with Crippen molar-refractivity contribution in [2.24, 2.45) is 0 Å². The molecule has 19 heavy (non-hydrogen) atoms. The second-order valence-corrected chi connectivity index (χ2v) is 4.74. The highest BCUT2D eigenvalue weighted by atomic mass is 16.1. The number of aryl methyl sites for hydroxylation is 1. The summed E-state index contributed by atoms with van der Waals surface area (Å²) in [6.45, 7) is 2.01. The van der Waals surface area contributed by atoms with Crippen LogP contribution in [0.15, 0.2) is 42.5 Å². The van der Waals surface area contributed by atoms with Crippen LogP contribution in [0.5, 0.6) is 0 Å². The molecule has 1 heterocycles. The number of hydrogen-bond acceptors (Lipinski definition) is 3. The predicted molar refractivity (Wildman–Crippen MR) is 73.1 cm³/mol.